The molecule has 0 spiro atoms. The molecule has 2 N–H and O–H groups in total. The molecule has 0 saturated heterocycles. The van der Waals surface area contributed by atoms with E-state index in [2.05, 4.69) is 10.9 Å². The van der Waals surface area contributed by atoms with Gasteiger partial charge in [0.25, 0.3) is 0 Å². The van der Waals surface area contributed by atoms with Crippen molar-refractivity contribution >= 4 is 29.9 Å². The molecule has 0 aromatic heterocycles. The molecule has 1 unspecified atom stereocenters. The van der Waals surface area contributed by atoms with Gasteiger partial charge in [-0.1, -0.05) is 12.8 Å². The first kappa shape index (κ1) is 14.1. The smallest absolute Gasteiger partial charge is 0.191 e. The third kappa shape index (κ3) is 5.24. The van der Waals surface area contributed by atoms with Crippen LogP contribution in [0.2, 0.25) is 0 Å². The molecule has 0 aliphatic heterocycles. The van der Waals surface area contributed by atoms with Crippen LogP contribution in [0.5, 0.6) is 0 Å². The minimum absolute atomic E-state index is 0. The topological polar surface area (TPSA) is 41.6 Å². The summed E-state index contributed by atoms with van der Waals surface area (Å²) in [5, 5.41) is 0. The number of hydrogen-bond acceptors (Lipinski definition) is 1. The summed E-state index contributed by atoms with van der Waals surface area (Å²) in [5.74, 6) is 3.02. The average Bonchev–Trinajstić information content (AvgIpc) is 1.99. The van der Waals surface area contributed by atoms with E-state index in [0.717, 1.165) is 6.42 Å². The summed E-state index contributed by atoms with van der Waals surface area (Å²) in [5.41, 5.74) is 5.55. The van der Waals surface area contributed by atoms with Crippen molar-refractivity contribution in [1.82, 2.24) is 4.90 Å². The molecule has 0 bridgehead atoms. The fraction of sp³-hybridized carbons (Fsp3) is 0.625. The Hall–Kier alpha value is -0.440. The monoisotopic (exact) mass is 281 g/mol. The van der Waals surface area contributed by atoms with Crippen LogP contribution in [0.25, 0.3) is 0 Å². The Morgan fingerprint density at radius 3 is 2.42 bits per heavy atom. The number of aliphatic imine (C=N–C) groups is 1. The summed E-state index contributed by atoms with van der Waals surface area (Å²) in [7, 11) is 3.67. The molecule has 3 nitrogen and oxygen atoms in total. The Bertz CT molecular complexity index is 181. The van der Waals surface area contributed by atoms with Crippen molar-refractivity contribution < 1.29 is 0 Å². The predicted octanol–water partition coefficient (Wildman–Crippen LogP) is 0.893. The van der Waals surface area contributed by atoms with Crippen LogP contribution >= 0.6 is 24.0 Å². The van der Waals surface area contributed by atoms with Crippen molar-refractivity contribution in [2.24, 2.45) is 10.7 Å². The lowest BCUT2D eigenvalue weighted by Crippen LogP contribution is -2.31. The lowest BCUT2D eigenvalue weighted by molar-refractivity contribution is 0.603. The van der Waals surface area contributed by atoms with E-state index in [-0.39, 0.29) is 30.0 Å². The SMILES string of the molecule is C#CC(CC)N=C(N)N(C)C.I. The van der Waals surface area contributed by atoms with Crippen LogP contribution in [-0.4, -0.2) is 31.0 Å². The maximum Gasteiger partial charge on any atom is 0.191 e. The first-order valence-corrected chi connectivity index (χ1v) is 3.58. The summed E-state index contributed by atoms with van der Waals surface area (Å²) >= 11 is 0. The molecule has 0 aromatic rings. The molecule has 0 saturated carbocycles. The van der Waals surface area contributed by atoms with Crippen LogP contribution in [0, 0.1) is 12.3 Å². The Morgan fingerprint density at radius 2 is 2.17 bits per heavy atom. The zero-order valence-corrected chi connectivity index (χ0v) is 10.1. The third-order valence-electron chi connectivity index (χ3n) is 1.33. The maximum atomic E-state index is 5.55. The average molecular weight is 281 g/mol. The van der Waals surface area contributed by atoms with Crippen molar-refractivity contribution in [3.05, 3.63) is 0 Å². The van der Waals surface area contributed by atoms with Crippen LogP contribution in [0.3, 0.4) is 0 Å². The second kappa shape index (κ2) is 7.22. The number of hydrogen-bond donors (Lipinski definition) is 1. The molecule has 0 aliphatic rings. The number of guanidine groups is 1. The van der Waals surface area contributed by atoms with Crippen LogP contribution in [0.15, 0.2) is 4.99 Å². The second-order valence-corrected chi connectivity index (χ2v) is 2.47. The first-order chi connectivity index (χ1) is 5.11. The van der Waals surface area contributed by atoms with Crippen molar-refractivity contribution in [3.63, 3.8) is 0 Å². The lowest BCUT2D eigenvalue weighted by Gasteiger charge is -2.12. The van der Waals surface area contributed by atoms with Crippen LogP contribution in [-0.2, 0) is 0 Å². The van der Waals surface area contributed by atoms with E-state index in [4.69, 9.17) is 12.2 Å². The maximum absolute atomic E-state index is 5.55. The van der Waals surface area contributed by atoms with E-state index in [1.807, 2.05) is 21.0 Å². The first-order valence-electron chi connectivity index (χ1n) is 3.58. The van der Waals surface area contributed by atoms with Crippen molar-refractivity contribution in [3.8, 4) is 12.3 Å². The Kier molecular flexibility index (Phi) is 8.49. The van der Waals surface area contributed by atoms with E-state index in [1.54, 1.807) is 4.90 Å². The van der Waals surface area contributed by atoms with Gasteiger partial charge in [0.15, 0.2) is 5.96 Å². The van der Waals surface area contributed by atoms with Crippen molar-refractivity contribution in [1.29, 1.82) is 0 Å². The molecule has 0 heterocycles. The zero-order valence-electron chi connectivity index (χ0n) is 7.74. The molecule has 12 heavy (non-hydrogen) atoms. The van der Waals surface area contributed by atoms with Crippen molar-refractivity contribution in [2.45, 2.75) is 19.4 Å². The summed E-state index contributed by atoms with van der Waals surface area (Å²) in [6.45, 7) is 1.98. The van der Waals surface area contributed by atoms with E-state index in [1.165, 1.54) is 0 Å². The minimum atomic E-state index is -0.0857. The summed E-state index contributed by atoms with van der Waals surface area (Å²) < 4.78 is 0. The van der Waals surface area contributed by atoms with Gasteiger partial charge in [0.2, 0.25) is 0 Å². The predicted molar refractivity (Wildman–Crippen MR) is 63.6 cm³/mol. The van der Waals surface area contributed by atoms with Gasteiger partial charge in [-0.2, -0.15) is 0 Å². The summed E-state index contributed by atoms with van der Waals surface area (Å²) in [4.78, 5) is 5.83. The van der Waals surface area contributed by atoms with Crippen molar-refractivity contribution in [2.75, 3.05) is 14.1 Å². The van der Waals surface area contributed by atoms with E-state index in [9.17, 15) is 0 Å². The molecule has 1 atom stereocenters. The van der Waals surface area contributed by atoms with Gasteiger partial charge in [-0.15, -0.1) is 30.4 Å². The highest BCUT2D eigenvalue weighted by molar-refractivity contribution is 14.0. The van der Waals surface area contributed by atoms with E-state index < -0.39 is 0 Å². The minimum Gasteiger partial charge on any atom is -0.370 e. The fourth-order valence-electron chi connectivity index (χ4n) is 0.522. The van der Waals surface area contributed by atoms with E-state index in [0.29, 0.717) is 5.96 Å². The third-order valence-corrected chi connectivity index (χ3v) is 1.33. The number of halogens is 1. The normalized spacial score (nSPS) is 12.7. The molecule has 0 aliphatic carbocycles. The fourth-order valence-corrected chi connectivity index (χ4v) is 0.522. The standard InChI is InChI=1S/C8H15N3.HI/c1-5-7(6-2)10-8(9)11(3)4;/h1,7H,6H2,2-4H3,(H2,9,10);1H. The molecule has 4 heteroatoms. The summed E-state index contributed by atoms with van der Waals surface area (Å²) in [6.07, 6.45) is 6.03. The van der Waals surface area contributed by atoms with Gasteiger partial charge in [-0.05, 0) is 6.42 Å². The van der Waals surface area contributed by atoms with Crippen LogP contribution < -0.4 is 5.73 Å². The Balaban J connectivity index is 0. The molecule has 0 amide bonds. The van der Waals surface area contributed by atoms with Gasteiger partial charge in [0.1, 0.15) is 6.04 Å². The highest BCUT2D eigenvalue weighted by atomic mass is 127. The number of nitrogens with zero attached hydrogens (tertiary/aromatic N) is 2. The van der Waals surface area contributed by atoms with E-state index >= 15 is 0 Å². The molecule has 0 aromatic carbocycles. The van der Waals surface area contributed by atoms with Gasteiger partial charge < -0.3 is 10.6 Å². The van der Waals surface area contributed by atoms with Gasteiger partial charge in [-0.25, -0.2) is 4.99 Å². The van der Waals surface area contributed by atoms with Crippen LogP contribution in [0.4, 0.5) is 0 Å². The number of rotatable bonds is 2. The highest BCUT2D eigenvalue weighted by Crippen LogP contribution is 1.94. The molecule has 0 rings (SSSR count). The van der Waals surface area contributed by atoms with Gasteiger partial charge in [0.05, 0.1) is 0 Å². The molecule has 0 radical (unpaired) electrons. The molecule has 70 valence electrons. The number of nitrogens with two attached hydrogens (primary N) is 1. The highest BCUT2D eigenvalue weighted by Gasteiger charge is 2.00. The van der Waals surface area contributed by atoms with Gasteiger partial charge in [0, 0.05) is 14.1 Å². The lowest BCUT2D eigenvalue weighted by atomic mass is 10.2. The Labute approximate surface area is 91.4 Å². The second-order valence-electron chi connectivity index (χ2n) is 2.47. The Morgan fingerprint density at radius 1 is 1.67 bits per heavy atom. The zero-order chi connectivity index (χ0) is 8.85. The largest absolute Gasteiger partial charge is 0.370 e. The molecule has 0 fully saturated rings. The number of terminal acetylenes is 1. The van der Waals surface area contributed by atoms with Gasteiger partial charge in [-0.3, -0.25) is 0 Å². The summed E-state index contributed by atoms with van der Waals surface area (Å²) in [6, 6.07) is -0.0857. The van der Waals surface area contributed by atoms with Gasteiger partial charge >= 0.3 is 0 Å². The quantitative estimate of drug-likeness (QED) is 0.353. The molecular weight excluding hydrogens is 265 g/mol. The van der Waals surface area contributed by atoms with Crippen LogP contribution in [0.1, 0.15) is 13.3 Å². The molecular formula is C8H16IN3.